The van der Waals surface area contributed by atoms with Gasteiger partial charge in [0.05, 0.1) is 17.2 Å². The van der Waals surface area contributed by atoms with Gasteiger partial charge in [-0.15, -0.1) is 0 Å². The van der Waals surface area contributed by atoms with Crippen LogP contribution >= 0.6 is 23.2 Å². The van der Waals surface area contributed by atoms with Crippen LogP contribution in [-0.2, 0) is 17.1 Å². The van der Waals surface area contributed by atoms with E-state index in [1.54, 1.807) is 13.2 Å². The maximum Gasteiger partial charge on any atom is 0.264 e. The number of ether oxygens (including phenoxy) is 1. The second kappa shape index (κ2) is 5.51. The highest BCUT2D eigenvalue weighted by atomic mass is 35.5. The first kappa shape index (κ1) is 15.0. The Bertz CT molecular complexity index is 743. The number of methoxy groups -OCH3 is 1. The van der Waals surface area contributed by atoms with E-state index in [2.05, 4.69) is 9.82 Å². The van der Waals surface area contributed by atoms with Gasteiger partial charge in [0, 0.05) is 25.4 Å². The predicted octanol–water partition coefficient (Wildman–Crippen LogP) is 2.54. The summed E-state index contributed by atoms with van der Waals surface area (Å²) in [5.74, 6) is 0.490. The van der Waals surface area contributed by atoms with E-state index in [9.17, 15) is 8.42 Å². The smallest absolute Gasteiger partial charge is 0.264 e. The highest BCUT2D eigenvalue weighted by Crippen LogP contribution is 2.33. The first-order chi connectivity index (χ1) is 9.33. The van der Waals surface area contributed by atoms with Crippen LogP contribution < -0.4 is 9.46 Å². The molecule has 0 amide bonds. The summed E-state index contributed by atoms with van der Waals surface area (Å²) in [7, 11) is -0.786. The zero-order chi connectivity index (χ0) is 14.9. The van der Waals surface area contributed by atoms with E-state index in [1.807, 2.05) is 0 Å². The van der Waals surface area contributed by atoms with Crippen LogP contribution in [0.4, 0.5) is 5.82 Å². The van der Waals surface area contributed by atoms with Crippen molar-refractivity contribution in [2.75, 3.05) is 11.8 Å². The quantitative estimate of drug-likeness (QED) is 0.931. The lowest BCUT2D eigenvalue weighted by molar-refractivity contribution is 0.414. The van der Waals surface area contributed by atoms with Gasteiger partial charge in [0.15, 0.2) is 5.82 Å². The van der Waals surface area contributed by atoms with Crippen LogP contribution in [0.5, 0.6) is 5.75 Å². The minimum absolute atomic E-state index is 0.00896. The summed E-state index contributed by atoms with van der Waals surface area (Å²) in [5, 5.41) is 4.09. The van der Waals surface area contributed by atoms with Crippen LogP contribution in [0.25, 0.3) is 0 Å². The Kier molecular flexibility index (Phi) is 4.12. The van der Waals surface area contributed by atoms with Gasteiger partial charge in [0.25, 0.3) is 10.0 Å². The molecule has 1 aromatic heterocycles. The minimum atomic E-state index is -3.88. The number of nitrogens with zero attached hydrogens (tertiary/aromatic N) is 2. The van der Waals surface area contributed by atoms with Crippen LogP contribution in [0.1, 0.15) is 0 Å². The van der Waals surface area contributed by atoms with E-state index in [0.29, 0.717) is 5.75 Å². The minimum Gasteiger partial charge on any atom is -0.495 e. The number of aryl methyl sites for hydroxylation is 1. The number of benzene rings is 1. The molecule has 0 unspecified atom stereocenters. The number of hydrogen-bond donors (Lipinski definition) is 1. The lowest BCUT2D eigenvalue weighted by Gasteiger charge is -2.10. The van der Waals surface area contributed by atoms with Crippen LogP contribution in [0, 0.1) is 0 Å². The monoisotopic (exact) mass is 335 g/mol. The van der Waals surface area contributed by atoms with E-state index in [0.717, 1.165) is 0 Å². The van der Waals surface area contributed by atoms with Crippen molar-refractivity contribution in [2.45, 2.75) is 4.90 Å². The number of nitrogens with one attached hydrogen (secondary N) is 1. The second-order valence-electron chi connectivity index (χ2n) is 3.90. The van der Waals surface area contributed by atoms with Gasteiger partial charge < -0.3 is 4.74 Å². The van der Waals surface area contributed by atoms with E-state index in [-0.39, 0.29) is 20.8 Å². The molecule has 6 nitrogen and oxygen atoms in total. The molecule has 1 N–H and O–H groups in total. The molecule has 0 fully saturated rings. The Balaban J connectivity index is 2.41. The van der Waals surface area contributed by atoms with Crippen molar-refractivity contribution < 1.29 is 13.2 Å². The zero-order valence-electron chi connectivity index (χ0n) is 10.6. The molecule has 0 aliphatic carbocycles. The Morgan fingerprint density at radius 1 is 1.30 bits per heavy atom. The van der Waals surface area contributed by atoms with Crippen molar-refractivity contribution in [3.63, 3.8) is 0 Å². The fourth-order valence-corrected chi connectivity index (χ4v) is 3.38. The molecule has 0 spiro atoms. The molecule has 2 aromatic rings. The summed E-state index contributed by atoms with van der Waals surface area (Å²) in [6.45, 7) is 0. The predicted molar refractivity (Wildman–Crippen MR) is 77.0 cm³/mol. The Hall–Kier alpha value is -1.44. The Morgan fingerprint density at radius 2 is 2.00 bits per heavy atom. The fourth-order valence-electron chi connectivity index (χ4n) is 1.53. The summed E-state index contributed by atoms with van der Waals surface area (Å²) >= 11 is 11.9. The maximum absolute atomic E-state index is 12.2. The third-order valence-corrected chi connectivity index (χ3v) is 4.56. The lowest BCUT2D eigenvalue weighted by Crippen LogP contribution is -2.14. The molecule has 0 aliphatic heterocycles. The van der Waals surface area contributed by atoms with Gasteiger partial charge in [-0.05, 0) is 6.07 Å². The van der Waals surface area contributed by atoms with Gasteiger partial charge in [-0.1, -0.05) is 23.2 Å². The highest BCUT2D eigenvalue weighted by molar-refractivity contribution is 7.92. The molecule has 2 rings (SSSR count). The first-order valence-corrected chi connectivity index (χ1v) is 7.63. The molecule has 0 aliphatic rings. The largest absolute Gasteiger partial charge is 0.495 e. The third kappa shape index (κ3) is 3.00. The van der Waals surface area contributed by atoms with Crippen molar-refractivity contribution in [1.82, 2.24) is 9.78 Å². The van der Waals surface area contributed by atoms with Crippen LogP contribution in [0.15, 0.2) is 29.3 Å². The summed E-state index contributed by atoms with van der Waals surface area (Å²) in [4.78, 5) is -0.143. The molecule has 1 heterocycles. The second-order valence-corrected chi connectivity index (χ2v) is 6.36. The summed E-state index contributed by atoms with van der Waals surface area (Å²) < 4.78 is 33.2. The molecule has 0 saturated heterocycles. The number of halogens is 2. The number of hydrogen-bond acceptors (Lipinski definition) is 4. The van der Waals surface area contributed by atoms with Gasteiger partial charge >= 0.3 is 0 Å². The normalized spacial score (nSPS) is 11.4. The van der Waals surface area contributed by atoms with E-state index >= 15 is 0 Å². The van der Waals surface area contributed by atoms with Crippen LogP contribution in [0.2, 0.25) is 10.0 Å². The summed E-state index contributed by atoms with van der Waals surface area (Å²) in [6, 6.07) is 4.10. The third-order valence-electron chi connectivity index (χ3n) is 2.45. The molecule has 9 heteroatoms. The van der Waals surface area contributed by atoms with Gasteiger partial charge in [0.1, 0.15) is 10.6 Å². The molecule has 0 bridgehead atoms. The van der Waals surface area contributed by atoms with Crippen molar-refractivity contribution in [1.29, 1.82) is 0 Å². The van der Waals surface area contributed by atoms with E-state index < -0.39 is 10.0 Å². The molecular weight excluding hydrogens is 325 g/mol. The average molecular weight is 336 g/mol. The fraction of sp³-hybridized carbons (Fsp3) is 0.182. The molecule has 0 radical (unpaired) electrons. The number of sulfonamides is 1. The molecule has 108 valence electrons. The molecule has 0 saturated carbocycles. The summed E-state index contributed by atoms with van der Waals surface area (Å²) in [5.41, 5.74) is 0. The van der Waals surface area contributed by atoms with Crippen LogP contribution in [-0.4, -0.2) is 25.3 Å². The standard InChI is InChI=1S/C11H11Cl2N3O3S/c1-16-4-3-11(14-16)15-20(17,18)10-6-7(12)9(19-2)5-8(10)13/h3-6H,1-2H3,(H,14,15). The van der Waals surface area contributed by atoms with Crippen molar-refractivity contribution >= 4 is 39.0 Å². The van der Waals surface area contributed by atoms with Gasteiger partial charge in [-0.2, -0.15) is 5.10 Å². The SMILES string of the molecule is COc1cc(Cl)c(S(=O)(=O)Nc2ccn(C)n2)cc1Cl. The zero-order valence-corrected chi connectivity index (χ0v) is 12.9. The maximum atomic E-state index is 12.2. The van der Waals surface area contributed by atoms with Gasteiger partial charge in [-0.25, -0.2) is 8.42 Å². The molecular formula is C11H11Cl2N3O3S. The van der Waals surface area contributed by atoms with Crippen molar-refractivity contribution in [3.05, 3.63) is 34.4 Å². The Morgan fingerprint density at radius 3 is 2.55 bits per heavy atom. The van der Waals surface area contributed by atoms with Crippen molar-refractivity contribution in [3.8, 4) is 5.75 Å². The molecule has 0 atom stereocenters. The number of aromatic nitrogens is 2. The highest BCUT2D eigenvalue weighted by Gasteiger charge is 2.21. The van der Waals surface area contributed by atoms with Crippen LogP contribution in [0.3, 0.4) is 0 Å². The van der Waals surface area contributed by atoms with Gasteiger partial charge in [0.2, 0.25) is 0 Å². The van der Waals surface area contributed by atoms with Gasteiger partial charge in [-0.3, -0.25) is 9.40 Å². The molecule has 20 heavy (non-hydrogen) atoms. The first-order valence-electron chi connectivity index (χ1n) is 5.39. The number of anilines is 1. The Labute approximate surface area is 126 Å². The molecule has 1 aromatic carbocycles. The summed E-state index contributed by atoms with van der Waals surface area (Å²) in [6.07, 6.45) is 1.61. The van der Waals surface area contributed by atoms with E-state index in [1.165, 1.54) is 30.0 Å². The lowest BCUT2D eigenvalue weighted by atomic mass is 10.3. The average Bonchev–Trinajstić information content (AvgIpc) is 2.76. The number of rotatable bonds is 4. The topological polar surface area (TPSA) is 73.2 Å². The van der Waals surface area contributed by atoms with E-state index in [4.69, 9.17) is 27.9 Å². The van der Waals surface area contributed by atoms with Crippen molar-refractivity contribution in [2.24, 2.45) is 7.05 Å².